The number of benzene rings is 7. The van der Waals surface area contributed by atoms with E-state index in [9.17, 15) is 39.3 Å². The third-order valence-corrected chi connectivity index (χ3v) is 19.4. The predicted octanol–water partition coefficient (Wildman–Crippen LogP) is 14.6. The monoisotopic (exact) mass is 1550 g/mol. The number of aromatic hydroxyl groups is 2. The fourth-order valence-corrected chi connectivity index (χ4v) is 13.4. The van der Waals surface area contributed by atoms with Crippen molar-refractivity contribution in [2.75, 3.05) is 55.2 Å². The summed E-state index contributed by atoms with van der Waals surface area (Å²) < 4.78 is 17.1. The van der Waals surface area contributed by atoms with Gasteiger partial charge in [-0.15, -0.1) is 10.2 Å². The van der Waals surface area contributed by atoms with Crippen molar-refractivity contribution in [3.8, 4) is 34.0 Å². The van der Waals surface area contributed by atoms with Gasteiger partial charge in [0.25, 0.3) is 0 Å². The molecule has 1 unspecified atom stereocenters. The minimum atomic E-state index is -1.41. The largest absolute Gasteiger partial charge is 0.519 e. The number of nitrogen functional groups attached to an aromatic ring is 1. The number of ether oxygens (including phenoxy) is 1. The Kier molecular flexibility index (Phi) is 32.9. The molecule has 113 heavy (non-hydrogen) atoms. The number of para-hydroxylation sites is 1. The summed E-state index contributed by atoms with van der Waals surface area (Å²) in [6, 6.07) is 51.8. The molecule has 1 saturated heterocycles. The zero-order valence-corrected chi connectivity index (χ0v) is 66.7. The van der Waals surface area contributed by atoms with Crippen molar-refractivity contribution in [1.82, 2.24) is 40.0 Å². The maximum atomic E-state index is 13.5. The molecule has 5 heterocycles. The number of aryl methyl sites for hydroxylation is 2. The van der Waals surface area contributed by atoms with Crippen LogP contribution in [0.5, 0.6) is 11.5 Å². The number of phenols is 2. The third kappa shape index (κ3) is 26.0. The number of piperidine rings is 1. The Hall–Kier alpha value is -11.1. The SMILES string of the molecule is CC(C)(C)CCC(O)c1ccc(O)c(CO)c1.CCC(=O)N(c1ccccc1)C1CCN(CCc2ccccc2)CC1.CCCN(CCC)CCc1cccc2c1CC(=O)N2.CCCc1nc(C(C)(C)O)c(C(=O)OCc2oc(=O)oc2C)n1Cc1ccc(-c2ccccc2-c2nn[nH]n2)cc1.Nc1ccc(O)c(C(=O)O)c1. The van der Waals surface area contributed by atoms with Crippen LogP contribution in [-0.2, 0) is 65.4 Å². The van der Waals surface area contributed by atoms with Gasteiger partial charge in [-0.05, 0) is 190 Å². The zero-order chi connectivity index (χ0) is 81.8. The lowest BCUT2D eigenvalue weighted by molar-refractivity contribution is -0.119. The molecule has 0 spiro atoms. The van der Waals surface area contributed by atoms with Crippen LogP contribution in [0.3, 0.4) is 0 Å². The molecule has 2 amide bonds. The number of amides is 2. The smallest absolute Gasteiger partial charge is 0.508 e. The van der Waals surface area contributed by atoms with Crippen molar-refractivity contribution in [2.24, 2.45) is 5.41 Å². The maximum Gasteiger partial charge on any atom is 0.519 e. The Balaban J connectivity index is 0.000000191. The van der Waals surface area contributed by atoms with E-state index in [0.717, 1.165) is 104 Å². The molecule has 7 aromatic carbocycles. The first-order valence-corrected chi connectivity index (χ1v) is 38.8. The highest BCUT2D eigenvalue weighted by Crippen LogP contribution is 2.34. The minimum absolute atomic E-state index is 0.0688. The van der Waals surface area contributed by atoms with Crippen LogP contribution in [0.25, 0.3) is 22.5 Å². The second-order valence-corrected chi connectivity index (χ2v) is 29.9. The molecule has 12 rings (SSSR count). The number of hydrogen-bond donors (Lipinski definition) is 9. The zero-order valence-electron chi connectivity index (χ0n) is 66.7. The highest BCUT2D eigenvalue weighted by molar-refractivity contribution is 5.99. The van der Waals surface area contributed by atoms with E-state index in [2.05, 4.69) is 124 Å². The number of aliphatic hydroxyl groups excluding tert-OH is 2. The predicted molar refractivity (Wildman–Crippen MR) is 437 cm³/mol. The average Bonchev–Trinajstić information content (AvgIpc) is 1.64. The molecule has 3 aromatic heterocycles. The Morgan fingerprint density at radius 3 is 1.99 bits per heavy atom. The fourth-order valence-electron chi connectivity index (χ4n) is 13.4. The number of aromatic amines is 1. The Morgan fingerprint density at radius 1 is 0.735 bits per heavy atom. The van der Waals surface area contributed by atoms with E-state index in [1.54, 1.807) is 37.5 Å². The summed E-state index contributed by atoms with van der Waals surface area (Å²) in [4.78, 5) is 71.0. The number of fused-ring (bicyclic) bond motifs is 1. The molecule has 602 valence electrons. The van der Waals surface area contributed by atoms with Crippen LogP contribution in [0.4, 0.5) is 17.1 Å². The van der Waals surface area contributed by atoms with E-state index < -0.39 is 29.5 Å². The van der Waals surface area contributed by atoms with Crippen LogP contribution >= 0.6 is 0 Å². The minimum Gasteiger partial charge on any atom is -0.508 e. The van der Waals surface area contributed by atoms with Gasteiger partial charge < -0.3 is 74.5 Å². The van der Waals surface area contributed by atoms with Crippen LogP contribution in [-0.4, -0.2) is 140 Å². The van der Waals surface area contributed by atoms with Crippen LogP contribution in [0, 0.1) is 12.3 Å². The van der Waals surface area contributed by atoms with Gasteiger partial charge in [0.15, 0.2) is 23.8 Å². The lowest BCUT2D eigenvalue weighted by atomic mass is 9.88. The summed E-state index contributed by atoms with van der Waals surface area (Å²) in [5.41, 5.74) is 15.4. The molecule has 0 bridgehead atoms. The summed E-state index contributed by atoms with van der Waals surface area (Å²) >= 11 is 0. The Morgan fingerprint density at radius 2 is 1.40 bits per heavy atom. The molecule has 2 aliphatic rings. The number of rotatable bonds is 28. The molecule has 0 saturated carbocycles. The molecular formula is C88H111N11O14. The number of hydrogen-bond acceptors (Lipinski definition) is 20. The number of nitrogens with two attached hydrogens (primary N) is 1. The van der Waals surface area contributed by atoms with Gasteiger partial charge in [-0.1, -0.05) is 164 Å². The Labute approximate surface area is 661 Å². The number of carboxylic acid groups (broad SMARTS) is 1. The lowest BCUT2D eigenvalue weighted by Crippen LogP contribution is -2.47. The van der Waals surface area contributed by atoms with E-state index in [0.29, 0.717) is 61.2 Å². The third-order valence-electron chi connectivity index (χ3n) is 19.4. The van der Waals surface area contributed by atoms with Crippen molar-refractivity contribution >= 4 is 40.8 Å². The summed E-state index contributed by atoms with van der Waals surface area (Å²) in [7, 11) is 0. The maximum absolute atomic E-state index is 13.5. The van der Waals surface area contributed by atoms with Gasteiger partial charge in [-0.25, -0.2) is 19.4 Å². The van der Waals surface area contributed by atoms with Crippen molar-refractivity contribution in [2.45, 2.75) is 184 Å². The van der Waals surface area contributed by atoms with Crippen LogP contribution in [0.2, 0.25) is 0 Å². The number of tetrazole rings is 1. The summed E-state index contributed by atoms with van der Waals surface area (Å²) in [6.07, 6.45) is 10.2. The Bertz CT molecular complexity index is 4710. The van der Waals surface area contributed by atoms with Crippen molar-refractivity contribution in [3.05, 3.63) is 242 Å². The van der Waals surface area contributed by atoms with E-state index >= 15 is 0 Å². The number of aromatic carboxylic acids is 1. The average molecular weight is 1550 g/mol. The summed E-state index contributed by atoms with van der Waals surface area (Å²) in [5.74, 6) is -1.11. The molecule has 2 aliphatic heterocycles. The molecule has 10 N–H and O–H groups in total. The molecule has 1 fully saturated rings. The number of imidazole rings is 1. The molecule has 25 nitrogen and oxygen atoms in total. The fraction of sp³-hybridized carbons (Fsp3) is 0.398. The number of carbonyl (C=O) groups excluding carboxylic acids is 3. The number of H-pyrrole nitrogens is 1. The van der Waals surface area contributed by atoms with Gasteiger partial charge in [0, 0.05) is 79.8 Å². The van der Waals surface area contributed by atoms with Gasteiger partial charge in [0.05, 0.1) is 19.1 Å². The highest BCUT2D eigenvalue weighted by Gasteiger charge is 2.34. The second-order valence-electron chi connectivity index (χ2n) is 29.9. The number of carboxylic acids is 1. The van der Waals surface area contributed by atoms with Gasteiger partial charge in [-0.2, -0.15) is 5.21 Å². The lowest BCUT2D eigenvalue weighted by Gasteiger charge is -2.38. The van der Waals surface area contributed by atoms with Crippen LogP contribution in [0.1, 0.15) is 197 Å². The molecule has 10 aromatic rings. The van der Waals surface area contributed by atoms with Gasteiger partial charge in [-0.3, -0.25) is 9.59 Å². The van der Waals surface area contributed by atoms with Crippen LogP contribution in [0.15, 0.2) is 177 Å². The van der Waals surface area contributed by atoms with Crippen molar-refractivity contribution < 1.29 is 63.4 Å². The van der Waals surface area contributed by atoms with E-state index in [1.165, 1.54) is 66.9 Å². The first-order chi connectivity index (χ1) is 54.1. The summed E-state index contributed by atoms with van der Waals surface area (Å²) in [6.45, 7) is 26.0. The molecular weight excluding hydrogens is 1440 g/mol. The second kappa shape index (κ2) is 42.5. The van der Waals surface area contributed by atoms with E-state index in [1.807, 2.05) is 97.6 Å². The summed E-state index contributed by atoms with van der Waals surface area (Å²) in [5, 5.41) is 74.2. The molecule has 25 heteroatoms. The van der Waals surface area contributed by atoms with Gasteiger partial charge >= 0.3 is 17.8 Å². The number of nitrogens with zero attached hydrogens (tertiary/aromatic N) is 8. The standard InChI is InChI=1S/C29H30N6O6.C22H28N2O.C16H24N2O.C14H22O3.C7H7NO3/c1-5-8-23-30-25(29(3,4)38)24(27(36)39-16-22-17(2)40-28(37)41-22)35(23)15-18-11-13-19(14-12-18)20-9-6-7-10-21(20)26-31-33-34-32-26;1-2-22(25)24(20-11-7-4-8-12-20)21-14-17-23(18-15-21)16-13-19-9-5-3-6-10-19;1-3-9-18(10-4-2)11-8-13-6-5-7-15-14(13)12-16(19)17-15;1-14(2,3)7-6-13(17)10-4-5-12(16)11(8-10)9-15;8-4-1-2-6(9)5(3-4)7(10)11/h6-7,9-14,38H,5,8,15-16H2,1-4H3,(H,31,32,33,34);3-12,21H,2,13-18H2,1H3;5-7H,3-4,8-12H2,1-2H3,(H,17,19);4-5,8,13,15-17H,6-7,9H2,1-3H3;1-3,9H,8H2,(H,10,11). The van der Waals surface area contributed by atoms with Gasteiger partial charge in [0.1, 0.15) is 34.2 Å². The molecule has 1 atom stereocenters. The number of nitrogens with one attached hydrogen (secondary N) is 2. The van der Waals surface area contributed by atoms with E-state index in [4.69, 9.17) is 34.6 Å². The number of carbonyl (C=O) groups is 4. The highest BCUT2D eigenvalue weighted by atomic mass is 16.6. The number of aromatic nitrogens is 6. The number of esters is 1. The first kappa shape index (κ1) is 87.5. The normalized spacial score (nSPS) is 13.0. The number of aliphatic hydroxyl groups is 3. The van der Waals surface area contributed by atoms with Gasteiger partial charge in [0.2, 0.25) is 17.6 Å². The number of likely N-dealkylation sites (tertiary alicyclic amines) is 1. The molecule has 0 aliphatic carbocycles. The quantitative estimate of drug-likeness (QED) is 0.0125. The molecule has 0 radical (unpaired) electrons. The van der Waals surface area contributed by atoms with E-state index in [-0.39, 0.29) is 70.4 Å². The first-order valence-electron chi connectivity index (χ1n) is 38.8. The van der Waals surface area contributed by atoms with Crippen molar-refractivity contribution in [3.63, 3.8) is 0 Å². The van der Waals surface area contributed by atoms with Crippen LogP contribution < -0.4 is 21.8 Å². The topological polar surface area (TPSA) is 362 Å². The van der Waals surface area contributed by atoms with Crippen molar-refractivity contribution in [1.29, 1.82) is 0 Å². The number of anilines is 3.